The van der Waals surface area contributed by atoms with Crippen molar-refractivity contribution in [3.63, 3.8) is 0 Å². The Morgan fingerprint density at radius 1 is 0.821 bits per heavy atom. The summed E-state index contributed by atoms with van der Waals surface area (Å²) in [6.07, 6.45) is -3.05. The zero-order valence-electron chi connectivity index (χ0n) is 14.2. The van der Waals surface area contributed by atoms with Crippen molar-refractivity contribution in [3.8, 4) is 34.3 Å². The summed E-state index contributed by atoms with van der Waals surface area (Å²) in [6, 6.07) is 18.5. The van der Waals surface area contributed by atoms with Gasteiger partial charge in [0.1, 0.15) is 11.8 Å². The van der Waals surface area contributed by atoms with Gasteiger partial charge in [-0.1, -0.05) is 36.4 Å². The molecule has 8 heteroatoms. The first kappa shape index (κ1) is 17.5. The Kier molecular flexibility index (Phi) is 4.20. The van der Waals surface area contributed by atoms with E-state index < -0.39 is 6.36 Å². The zero-order valence-corrected chi connectivity index (χ0v) is 14.2. The second kappa shape index (κ2) is 6.70. The van der Waals surface area contributed by atoms with Crippen molar-refractivity contribution in [2.45, 2.75) is 6.36 Å². The van der Waals surface area contributed by atoms with Crippen LogP contribution in [-0.2, 0) is 0 Å². The molecule has 0 spiro atoms. The third kappa shape index (κ3) is 3.50. The predicted octanol–water partition coefficient (Wildman–Crippen LogP) is 4.83. The van der Waals surface area contributed by atoms with E-state index in [1.54, 1.807) is 34.9 Å². The van der Waals surface area contributed by atoms with Gasteiger partial charge in [0, 0.05) is 11.8 Å². The van der Waals surface area contributed by atoms with Gasteiger partial charge in [0.2, 0.25) is 0 Å². The molecule has 5 nitrogen and oxygen atoms in total. The highest BCUT2D eigenvalue weighted by atomic mass is 19.4. The van der Waals surface area contributed by atoms with Crippen LogP contribution < -0.4 is 4.74 Å². The van der Waals surface area contributed by atoms with Gasteiger partial charge in [0.25, 0.3) is 0 Å². The Hall–Kier alpha value is -3.86. The standard InChI is InChI=1S/C20H11F3N4O/c21-20(22,23)28-17-8-6-15(7-9-17)14-2-4-16(5-3-14)19-26-25-18-10-1-13(11-24)12-27(18)19/h1-10,12H. The average molecular weight is 380 g/mol. The highest BCUT2D eigenvalue weighted by molar-refractivity contribution is 5.69. The molecule has 4 aromatic rings. The molecule has 0 radical (unpaired) electrons. The van der Waals surface area contributed by atoms with Crippen molar-refractivity contribution >= 4 is 5.65 Å². The van der Waals surface area contributed by atoms with E-state index in [1.165, 1.54) is 12.1 Å². The molecule has 28 heavy (non-hydrogen) atoms. The predicted molar refractivity (Wildman–Crippen MR) is 95.3 cm³/mol. The van der Waals surface area contributed by atoms with Gasteiger partial charge < -0.3 is 4.74 Å². The number of nitriles is 1. The van der Waals surface area contributed by atoms with Crippen LogP contribution in [-0.4, -0.2) is 21.0 Å². The van der Waals surface area contributed by atoms with Crippen molar-refractivity contribution in [2.75, 3.05) is 0 Å². The number of fused-ring (bicyclic) bond motifs is 1. The van der Waals surface area contributed by atoms with Crippen LogP contribution in [0.25, 0.3) is 28.2 Å². The second-order valence-corrected chi connectivity index (χ2v) is 5.93. The molecule has 0 aliphatic carbocycles. The molecule has 2 aromatic carbocycles. The summed E-state index contributed by atoms with van der Waals surface area (Å²) in [4.78, 5) is 0. The van der Waals surface area contributed by atoms with Crippen LogP contribution in [0.1, 0.15) is 5.56 Å². The van der Waals surface area contributed by atoms with E-state index >= 15 is 0 Å². The summed E-state index contributed by atoms with van der Waals surface area (Å²) >= 11 is 0. The van der Waals surface area contributed by atoms with Crippen LogP contribution in [0.15, 0.2) is 66.9 Å². The van der Waals surface area contributed by atoms with Crippen LogP contribution >= 0.6 is 0 Å². The van der Waals surface area contributed by atoms with Crippen LogP contribution in [0.2, 0.25) is 0 Å². The van der Waals surface area contributed by atoms with Crippen molar-refractivity contribution in [1.82, 2.24) is 14.6 Å². The van der Waals surface area contributed by atoms with E-state index in [0.29, 0.717) is 17.0 Å². The summed E-state index contributed by atoms with van der Waals surface area (Å²) < 4.78 is 42.4. The maximum Gasteiger partial charge on any atom is 0.573 e. The number of hydrogen-bond donors (Lipinski definition) is 0. The van der Waals surface area contributed by atoms with Crippen molar-refractivity contribution in [3.05, 3.63) is 72.4 Å². The summed E-state index contributed by atoms with van der Waals surface area (Å²) in [7, 11) is 0. The fourth-order valence-electron chi connectivity index (χ4n) is 2.81. The van der Waals surface area contributed by atoms with Gasteiger partial charge in [-0.3, -0.25) is 4.40 Å². The molecule has 4 rings (SSSR count). The molecule has 0 saturated heterocycles. The monoisotopic (exact) mass is 380 g/mol. The van der Waals surface area contributed by atoms with Gasteiger partial charge in [0.15, 0.2) is 11.5 Å². The van der Waals surface area contributed by atoms with E-state index in [9.17, 15) is 13.2 Å². The molecule has 0 fully saturated rings. The minimum absolute atomic E-state index is 0.268. The fourth-order valence-corrected chi connectivity index (χ4v) is 2.81. The lowest BCUT2D eigenvalue weighted by Crippen LogP contribution is -2.16. The minimum atomic E-state index is -4.71. The van der Waals surface area contributed by atoms with Gasteiger partial charge in [-0.15, -0.1) is 23.4 Å². The van der Waals surface area contributed by atoms with Crippen LogP contribution in [0, 0.1) is 11.3 Å². The molecule has 0 atom stereocenters. The average Bonchev–Trinajstić information content (AvgIpc) is 3.10. The highest BCUT2D eigenvalue weighted by Crippen LogP contribution is 2.28. The van der Waals surface area contributed by atoms with Crippen LogP contribution in [0.5, 0.6) is 5.75 Å². The topological polar surface area (TPSA) is 63.2 Å². The molecule has 2 heterocycles. The third-order valence-corrected chi connectivity index (χ3v) is 4.10. The summed E-state index contributed by atoms with van der Waals surface area (Å²) in [5.74, 6) is 0.323. The van der Waals surface area contributed by atoms with Gasteiger partial charge in [-0.05, 0) is 35.4 Å². The lowest BCUT2D eigenvalue weighted by atomic mass is 10.0. The maximum absolute atomic E-state index is 12.2. The van der Waals surface area contributed by atoms with Gasteiger partial charge in [0.05, 0.1) is 5.56 Å². The van der Waals surface area contributed by atoms with Crippen molar-refractivity contribution < 1.29 is 17.9 Å². The van der Waals surface area contributed by atoms with E-state index in [4.69, 9.17) is 5.26 Å². The Labute approximate surface area is 157 Å². The molecule has 0 aliphatic rings. The van der Waals surface area contributed by atoms with Crippen LogP contribution in [0.3, 0.4) is 0 Å². The Morgan fingerprint density at radius 2 is 1.43 bits per heavy atom. The summed E-state index contributed by atoms with van der Waals surface area (Å²) in [6.45, 7) is 0. The normalized spacial score (nSPS) is 11.4. The largest absolute Gasteiger partial charge is 0.573 e. The number of hydrogen-bond acceptors (Lipinski definition) is 4. The van der Waals surface area contributed by atoms with E-state index in [0.717, 1.165) is 16.7 Å². The second-order valence-electron chi connectivity index (χ2n) is 5.93. The number of halogens is 3. The summed E-state index contributed by atoms with van der Waals surface area (Å²) in [5, 5.41) is 17.3. The number of nitrogens with zero attached hydrogens (tertiary/aromatic N) is 4. The Morgan fingerprint density at radius 3 is 2.04 bits per heavy atom. The molecule has 138 valence electrons. The van der Waals surface area contributed by atoms with Crippen molar-refractivity contribution in [1.29, 1.82) is 5.26 Å². The van der Waals surface area contributed by atoms with Gasteiger partial charge >= 0.3 is 6.36 Å². The number of alkyl halides is 3. The van der Waals surface area contributed by atoms with Gasteiger partial charge in [-0.2, -0.15) is 5.26 Å². The molecule has 0 bridgehead atoms. The Bertz CT molecular complexity index is 1170. The first-order valence-corrected chi connectivity index (χ1v) is 8.14. The van der Waals surface area contributed by atoms with E-state index in [1.807, 2.05) is 24.3 Å². The molecule has 0 N–H and O–H groups in total. The molecular weight excluding hydrogens is 369 g/mol. The smallest absolute Gasteiger partial charge is 0.406 e. The quantitative estimate of drug-likeness (QED) is 0.511. The highest BCUT2D eigenvalue weighted by Gasteiger charge is 2.30. The zero-order chi connectivity index (χ0) is 19.7. The van der Waals surface area contributed by atoms with Gasteiger partial charge in [-0.25, -0.2) is 0 Å². The fraction of sp³-hybridized carbons (Fsp3) is 0.0500. The maximum atomic E-state index is 12.2. The van der Waals surface area contributed by atoms with E-state index in [-0.39, 0.29) is 5.75 Å². The SMILES string of the molecule is N#Cc1ccc2nnc(-c3ccc(-c4ccc(OC(F)(F)F)cc4)cc3)n2c1. The lowest BCUT2D eigenvalue weighted by Gasteiger charge is -2.09. The first-order chi connectivity index (χ1) is 13.4. The van der Waals surface area contributed by atoms with Crippen molar-refractivity contribution in [2.24, 2.45) is 0 Å². The number of benzene rings is 2. The number of rotatable bonds is 3. The number of pyridine rings is 1. The Balaban J connectivity index is 1.62. The summed E-state index contributed by atoms with van der Waals surface area (Å²) in [5.41, 5.74) is 3.49. The third-order valence-electron chi connectivity index (χ3n) is 4.10. The molecule has 0 saturated carbocycles. The number of ether oxygens (including phenoxy) is 1. The minimum Gasteiger partial charge on any atom is -0.406 e. The molecule has 0 unspecified atom stereocenters. The number of aromatic nitrogens is 3. The molecule has 0 amide bonds. The molecular formula is C20H11F3N4O. The van der Waals surface area contributed by atoms with E-state index in [2.05, 4.69) is 21.0 Å². The molecule has 2 aromatic heterocycles. The van der Waals surface area contributed by atoms with Crippen LogP contribution in [0.4, 0.5) is 13.2 Å². The first-order valence-electron chi connectivity index (χ1n) is 8.14. The lowest BCUT2D eigenvalue weighted by molar-refractivity contribution is -0.274. The molecule has 0 aliphatic heterocycles.